The quantitative estimate of drug-likeness (QED) is 0.697. The number of nitrogens with one attached hydrogen (secondary N) is 2. The minimum absolute atomic E-state index is 0.0798. The Morgan fingerprint density at radius 1 is 0.966 bits per heavy atom. The Morgan fingerprint density at radius 2 is 1.66 bits per heavy atom. The van der Waals surface area contributed by atoms with Gasteiger partial charge in [0.05, 0.1) is 18.7 Å². The lowest BCUT2D eigenvalue weighted by Gasteiger charge is -2.11. The summed E-state index contributed by atoms with van der Waals surface area (Å²) >= 11 is 0. The van der Waals surface area contributed by atoms with Crippen molar-refractivity contribution < 1.29 is 23.9 Å². The predicted molar refractivity (Wildman–Crippen MR) is 109 cm³/mol. The lowest BCUT2D eigenvalue weighted by Crippen LogP contribution is -2.23. The number of ether oxygens (including phenoxy) is 2. The second kappa shape index (κ2) is 9.73. The average molecular weight is 396 g/mol. The van der Waals surface area contributed by atoms with E-state index in [1.54, 1.807) is 42.5 Å². The molecule has 1 aliphatic carbocycles. The number of esters is 1. The molecule has 152 valence electrons. The Kier molecular flexibility index (Phi) is 6.84. The van der Waals surface area contributed by atoms with Crippen molar-refractivity contribution in [2.24, 2.45) is 5.92 Å². The molecule has 0 saturated heterocycles. The van der Waals surface area contributed by atoms with Gasteiger partial charge < -0.3 is 20.1 Å². The van der Waals surface area contributed by atoms with Crippen LogP contribution in [0.1, 0.15) is 36.0 Å². The van der Waals surface area contributed by atoms with Crippen molar-refractivity contribution in [2.45, 2.75) is 25.7 Å². The summed E-state index contributed by atoms with van der Waals surface area (Å²) < 4.78 is 10.3. The molecule has 7 nitrogen and oxygen atoms in total. The molecule has 0 atom stereocenters. The number of amides is 2. The van der Waals surface area contributed by atoms with Crippen LogP contribution in [0.25, 0.3) is 0 Å². The summed E-state index contributed by atoms with van der Waals surface area (Å²) in [5, 5.41) is 5.44. The average Bonchev–Trinajstić information content (AvgIpc) is 3.28. The molecule has 0 heterocycles. The second-order valence-electron chi connectivity index (χ2n) is 6.87. The summed E-state index contributed by atoms with van der Waals surface area (Å²) in [6, 6.07) is 13.6. The molecule has 0 spiro atoms. The summed E-state index contributed by atoms with van der Waals surface area (Å²) in [5.74, 6) is -0.526. The molecule has 0 aliphatic heterocycles. The molecule has 0 bridgehead atoms. The third-order valence-electron chi connectivity index (χ3n) is 4.82. The van der Waals surface area contributed by atoms with Gasteiger partial charge in [0.1, 0.15) is 5.75 Å². The Bertz CT molecular complexity index is 873. The molecule has 0 aromatic heterocycles. The molecule has 7 heteroatoms. The molecule has 1 fully saturated rings. The van der Waals surface area contributed by atoms with Gasteiger partial charge in [0, 0.05) is 11.3 Å². The summed E-state index contributed by atoms with van der Waals surface area (Å²) in [4.78, 5) is 36.3. The van der Waals surface area contributed by atoms with E-state index >= 15 is 0 Å². The smallest absolute Gasteiger partial charge is 0.309 e. The van der Waals surface area contributed by atoms with Crippen molar-refractivity contribution >= 4 is 29.2 Å². The van der Waals surface area contributed by atoms with E-state index in [-0.39, 0.29) is 24.4 Å². The Labute approximate surface area is 169 Å². The molecule has 2 aromatic rings. The lowest BCUT2D eigenvalue weighted by atomic mass is 10.1. The van der Waals surface area contributed by atoms with Gasteiger partial charge in [0.25, 0.3) is 11.8 Å². The lowest BCUT2D eigenvalue weighted by molar-refractivity contribution is -0.151. The van der Waals surface area contributed by atoms with Crippen LogP contribution in [-0.2, 0) is 14.3 Å². The summed E-state index contributed by atoms with van der Waals surface area (Å²) in [7, 11) is 1.54. The monoisotopic (exact) mass is 396 g/mol. The number of para-hydroxylation sites is 2. The van der Waals surface area contributed by atoms with Gasteiger partial charge in [-0.2, -0.15) is 0 Å². The fourth-order valence-electron chi connectivity index (χ4n) is 3.26. The molecule has 0 unspecified atom stereocenters. The van der Waals surface area contributed by atoms with Crippen LogP contribution in [0.2, 0.25) is 0 Å². The van der Waals surface area contributed by atoms with Crippen molar-refractivity contribution in [1.82, 2.24) is 0 Å². The van der Waals surface area contributed by atoms with E-state index in [2.05, 4.69) is 10.6 Å². The highest BCUT2D eigenvalue weighted by Crippen LogP contribution is 2.26. The Balaban J connectivity index is 1.50. The van der Waals surface area contributed by atoms with E-state index in [4.69, 9.17) is 9.47 Å². The molecule has 2 amide bonds. The molecule has 3 rings (SSSR count). The van der Waals surface area contributed by atoms with Crippen LogP contribution in [0.3, 0.4) is 0 Å². The van der Waals surface area contributed by atoms with E-state index in [0.29, 0.717) is 22.7 Å². The first-order chi connectivity index (χ1) is 14.1. The molecule has 0 radical (unpaired) electrons. The molecule has 1 aliphatic rings. The number of carbonyl (C=O) groups excluding carboxylic acids is 3. The van der Waals surface area contributed by atoms with Crippen LogP contribution >= 0.6 is 0 Å². The molecule has 29 heavy (non-hydrogen) atoms. The standard InChI is InChI=1S/C22H24N2O5/c1-28-19-9-5-4-8-18(19)24-21(26)15-10-12-17(13-11-15)23-20(25)14-29-22(27)16-6-2-3-7-16/h4-5,8-13,16H,2-3,6-7,14H2,1H3,(H,23,25)(H,24,26). The molecule has 2 aromatic carbocycles. The molecular formula is C22H24N2O5. The summed E-state index contributed by atoms with van der Waals surface area (Å²) in [6.07, 6.45) is 3.73. The van der Waals surface area contributed by atoms with Crippen LogP contribution in [0.15, 0.2) is 48.5 Å². The van der Waals surface area contributed by atoms with E-state index < -0.39 is 5.91 Å². The number of anilines is 2. The highest BCUT2D eigenvalue weighted by molar-refractivity contribution is 6.05. The third-order valence-corrected chi connectivity index (χ3v) is 4.82. The highest BCUT2D eigenvalue weighted by Gasteiger charge is 2.24. The first kappa shape index (κ1) is 20.4. The third kappa shape index (κ3) is 5.57. The zero-order valence-electron chi connectivity index (χ0n) is 16.3. The maximum atomic E-state index is 12.4. The Hall–Kier alpha value is -3.35. The maximum Gasteiger partial charge on any atom is 0.309 e. The predicted octanol–water partition coefficient (Wildman–Crippen LogP) is 3.62. The van der Waals surface area contributed by atoms with Gasteiger partial charge >= 0.3 is 5.97 Å². The normalized spacial score (nSPS) is 13.6. The number of hydrogen-bond donors (Lipinski definition) is 2. The van der Waals surface area contributed by atoms with Crippen LogP contribution in [0, 0.1) is 5.92 Å². The summed E-state index contributed by atoms with van der Waals surface area (Å²) in [6.45, 7) is -0.314. The van der Waals surface area contributed by atoms with E-state index in [1.165, 1.54) is 7.11 Å². The number of hydrogen-bond acceptors (Lipinski definition) is 5. The number of methoxy groups -OCH3 is 1. The number of benzene rings is 2. The van der Waals surface area contributed by atoms with Crippen LogP contribution < -0.4 is 15.4 Å². The van der Waals surface area contributed by atoms with Crippen molar-refractivity contribution in [1.29, 1.82) is 0 Å². The van der Waals surface area contributed by atoms with Gasteiger partial charge in [0.2, 0.25) is 0 Å². The van der Waals surface area contributed by atoms with Gasteiger partial charge in [-0.3, -0.25) is 14.4 Å². The van der Waals surface area contributed by atoms with Gasteiger partial charge in [0.15, 0.2) is 6.61 Å². The first-order valence-electron chi connectivity index (χ1n) is 9.57. The SMILES string of the molecule is COc1ccccc1NC(=O)c1ccc(NC(=O)COC(=O)C2CCCC2)cc1. The van der Waals surface area contributed by atoms with E-state index in [9.17, 15) is 14.4 Å². The van der Waals surface area contributed by atoms with E-state index in [0.717, 1.165) is 25.7 Å². The largest absolute Gasteiger partial charge is 0.495 e. The molecular weight excluding hydrogens is 372 g/mol. The fourth-order valence-corrected chi connectivity index (χ4v) is 3.26. The topological polar surface area (TPSA) is 93.7 Å². The fraction of sp³-hybridized carbons (Fsp3) is 0.318. The van der Waals surface area contributed by atoms with Crippen molar-refractivity contribution in [3.8, 4) is 5.75 Å². The van der Waals surface area contributed by atoms with Gasteiger partial charge in [-0.15, -0.1) is 0 Å². The first-order valence-corrected chi connectivity index (χ1v) is 9.57. The van der Waals surface area contributed by atoms with Crippen molar-refractivity contribution in [2.75, 3.05) is 24.4 Å². The zero-order valence-corrected chi connectivity index (χ0v) is 16.3. The zero-order chi connectivity index (χ0) is 20.6. The van der Waals surface area contributed by atoms with Crippen molar-refractivity contribution in [3.05, 3.63) is 54.1 Å². The maximum absolute atomic E-state index is 12.4. The number of rotatable bonds is 7. The molecule has 2 N–H and O–H groups in total. The Morgan fingerprint density at radius 3 is 2.34 bits per heavy atom. The van der Waals surface area contributed by atoms with Crippen LogP contribution in [0.4, 0.5) is 11.4 Å². The molecule has 1 saturated carbocycles. The van der Waals surface area contributed by atoms with Gasteiger partial charge in [-0.05, 0) is 49.2 Å². The van der Waals surface area contributed by atoms with Crippen LogP contribution in [-0.4, -0.2) is 31.5 Å². The minimum Gasteiger partial charge on any atom is -0.495 e. The van der Waals surface area contributed by atoms with E-state index in [1.807, 2.05) is 6.07 Å². The minimum atomic E-state index is -0.414. The summed E-state index contributed by atoms with van der Waals surface area (Å²) in [5.41, 5.74) is 1.52. The van der Waals surface area contributed by atoms with Crippen molar-refractivity contribution in [3.63, 3.8) is 0 Å². The van der Waals surface area contributed by atoms with Gasteiger partial charge in [-0.1, -0.05) is 25.0 Å². The highest BCUT2D eigenvalue weighted by atomic mass is 16.5. The van der Waals surface area contributed by atoms with Crippen LogP contribution in [0.5, 0.6) is 5.75 Å². The van der Waals surface area contributed by atoms with Gasteiger partial charge in [-0.25, -0.2) is 0 Å². The second-order valence-corrected chi connectivity index (χ2v) is 6.87. The number of carbonyl (C=O) groups is 3.